The van der Waals surface area contributed by atoms with E-state index < -0.39 is 29.5 Å². The number of alkyl halides is 5. The van der Waals surface area contributed by atoms with Gasteiger partial charge in [0.05, 0.1) is 5.69 Å². The fourth-order valence-corrected chi connectivity index (χ4v) is 4.06. The lowest BCUT2D eigenvalue weighted by Gasteiger charge is -2.35. The van der Waals surface area contributed by atoms with Crippen LogP contribution >= 0.6 is 0 Å². The number of pyridine rings is 1. The van der Waals surface area contributed by atoms with Crippen LogP contribution in [0.25, 0.3) is 16.9 Å². The second-order valence-corrected chi connectivity index (χ2v) is 8.37. The normalized spacial score (nSPS) is 14.9. The van der Waals surface area contributed by atoms with E-state index in [1.165, 1.54) is 17.0 Å². The molecule has 3 aromatic heterocycles. The summed E-state index contributed by atoms with van der Waals surface area (Å²) in [5, 5.41) is 3.79. The van der Waals surface area contributed by atoms with E-state index in [1.807, 2.05) is 17.0 Å². The minimum absolute atomic E-state index is 0.114. The Bertz CT molecular complexity index is 1430. The van der Waals surface area contributed by atoms with Crippen molar-refractivity contribution < 1.29 is 31.1 Å². The summed E-state index contributed by atoms with van der Waals surface area (Å²) in [4.78, 5) is 24.9. The molecule has 13 heteroatoms. The third-order valence-corrected chi connectivity index (χ3v) is 6.00. The van der Waals surface area contributed by atoms with E-state index in [-0.39, 0.29) is 35.7 Å². The number of piperazine rings is 1. The number of benzene rings is 1. The number of rotatable bonds is 4. The third kappa shape index (κ3) is 4.56. The molecule has 0 saturated carbocycles. The largest absolute Gasteiger partial charge is 0.459 e. The van der Waals surface area contributed by atoms with Gasteiger partial charge >= 0.3 is 12.1 Å². The molecular weight excluding hydrogens is 502 g/mol. The molecule has 0 bridgehead atoms. The average Bonchev–Trinajstić information content (AvgIpc) is 3.32. The summed E-state index contributed by atoms with van der Waals surface area (Å²) in [5.74, 6) is -5.82. The van der Waals surface area contributed by atoms with Crippen LogP contribution in [-0.2, 0) is 5.92 Å². The minimum atomic E-state index is -5.93. The highest BCUT2D eigenvalue weighted by Gasteiger charge is 2.60. The lowest BCUT2D eigenvalue weighted by atomic mass is 10.1. The van der Waals surface area contributed by atoms with Gasteiger partial charge in [-0.05, 0) is 42.5 Å². The van der Waals surface area contributed by atoms with Gasteiger partial charge in [0.15, 0.2) is 11.3 Å². The highest BCUT2D eigenvalue weighted by Crippen LogP contribution is 2.44. The van der Waals surface area contributed by atoms with Gasteiger partial charge in [0.25, 0.3) is 5.91 Å². The molecule has 1 aliphatic rings. The Morgan fingerprint density at radius 2 is 1.59 bits per heavy atom. The lowest BCUT2D eigenvalue weighted by molar-refractivity contribution is -0.291. The molecule has 192 valence electrons. The predicted octanol–water partition coefficient (Wildman–Crippen LogP) is 4.55. The second-order valence-electron chi connectivity index (χ2n) is 8.37. The zero-order valence-electron chi connectivity index (χ0n) is 19.0. The Kier molecular flexibility index (Phi) is 6.00. The summed E-state index contributed by atoms with van der Waals surface area (Å²) in [6.45, 7) is 1.42. The summed E-state index contributed by atoms with van der Waals surface area (Å²) < 4.78 is 82.7. The van der Waals surface area contributed by atoms with Crippen LogP contribution in [0.4, 0.5) is 32.2 Å². The molecule has 0 spiro atoms. The first-order valence-electron chi connectivity index (χ1n) is 11.1. The van der Waals surface area contributed by atoms with Crippen molar-refractivity contribution >= 4 is 17.4 Å². The van der Waals surface area contributed by atoms with Crippen molar-refractivity contribution in [2.24, 2.45) is 0 Å². The van der Waals surface area contributed by atoms with E-state index >= 15 is 0 Å². The van der Waals surface area contributed by atoms with E-state index in [0.29, 0.717) is 23.7 Å². The molecule has 0 atom stereocenters. The average molecular weight is 520 g/mol. The fraction of sp³-hybridized carbons (Fsp3) is 0.250. The first kappa shape index (κ1) is 24.5. The van der Waals surface area contributed by atoms with E-state index in [0.717, 1.165) is 24.0 Å². The van der Waals surface area contributed by atoms with Crippen LogP contribution in [0.5, 0.6) is 0 Å². The summed E-state index contributed by atoms with van der Waals surface area (Å²) >= 11 is 0. The Balaban J connectivity index is 1.50. The molecule has 37 heavy (non-hydrogen) atoms. The number of fused-ring (bicyclic) bond motifs is 1. The number of halogens is 6. The molecule has 4 aromatic rings. The van der Waals surface area contributed by atoms with Gasteiger partial charge < -0.3 is 9.80 Å². The van der Waals surface area contributed by atoms with Crippen molar-refractivity contribution in [3.8, 4) is 11.3 Å². The molecule has 1 amide bonds. The number of carbonyl (C=O) groups excluding carboxylic acids is 1. The van der Waals surface area contributed by atoms with Crippen LogP contribution < -0.4 is 4.90 Å². The molecule has 1 fully saturated rings. The van der Waals surface area contributed by atoms with E-state index in [4.69, 9.17) is 0 Å². The molecule has 5 rings (SSSR count). The number of amides is 1. The standard InChI is InChI=1S/C24H18F6N6O/c25-16-6-4-15(5-7-16)17-13-19(23(26,27)24(28,29)30)36-21(32-17)14-18(33-36)22(37)35-11-9-34(10-12-35)20-3-1-2-8-31-20/h1-8,13-14H,9-12H2. The first-order valence-corrected chi connectivity index (χ1v) is 11.1. The summed E-state index contributed by atoms with van der Waals surface area (Å²) in [6.07, 6.45) is -4.29. The van der Waals surface area contributed by atoms with Crippen LogP contribution in [0.15, 0.2) is 60.8 Å². The predicted molar refractivity (Wildman–Crippen MR) is 121 cm³/mol. The van der Waals surface area contributed by atoms with E-state index in [9.17, 15) is 31.1 Å². The first-order chi connectivity index (χ1) is 17.5. The number of hydrogen-bond acceptors (Lipinski definition) is 5. The van der Waals surface area contributed by atoms with Gasteiger partial charge in [-0.25, -0.2) is 18.9 Å². The minimum Gasteiger partial charge on any atom is -0.353 e. The molecule has 0 N–H and O–H groups in total. The topological polar surface area (TPSA) is 66.6 Å². The summed E-state index contributed by atoms with van der Waals surface area (Å²) in [5.41, 5.74) is -2.36. The van der Waals surface area contributed by atoms with Crippen LogP contribution in [0.3, 0.4) is 0 Å². The Morgan fingerprint density at radius 1 is 0.892 bits per heavy atom. The van der Waals surface area contributed by atoms with E-state index in [2.05, 4.69) is 15.1 Å². The van der Waals surface area contributed by atoms with E-state index in [1.54, 1.807) is 12.3 Å². The van der Waals surface area contributed by atoms with Crippen LogP contribution in [0.1, 0.15) is 16.2 Å². The molecule has 1 aromatic carbocycles. The van der Waals surface area contributed by atoms with Crippen molar-refractivity contribution in [2.75, 3.05) is 31.1 Å². The van der Waals surface area contributed by atoms with Gasteiger partial charge in [0, 0.05) is 44.0 Å². The molecular formula is C24H18F6N6O. The highest BCUT2D eigenvalue weighted by molar-refractivity contribution is 5.93. The van der Waals surface area contributed by atoms with Gasteiger partial charge in [-0.1, -0.05) is 6.07 Å². The summed E-state index contributed by atoms with van der Waals surface area (Å²) in [6, 6.07) is 11.5. The quantitative estimate of drug-likeness (QED) is 0.370. The monoisotopic (exact) mass is 520 g/mol. The Morgan fingerprint density at radius 3 is 2.22 bits per heavy atom. The third-order valence-electron chi connectivity index (χ3n) is 6.00. The van der Waals surface area contributed by atoms with Gasteiger partial charge in [-0.15, -0.1) is 0 Å². The summed E-state index contributed by atoms with van der Waals surface area (Å²) in [7, 11) is 0. The Hall–Kier alpha value is -4.16. The number of aromatic nitrogens is 4. The van der Waals surface area contributed by atoms with Crippen LogP contribution in [0.2, 0.25) is 0 Å². The van der Waals surface area contributed by atoms with Crippen molar-refractivity contribution in [1.29, 1.82) is 0 Å². The van der Waals surface area contributed by atoms with Gasteiger partial charge in [-0.2, -0.15) is 27.1 Å². The van der Waals surface area contributed by atoms with Crippen LogP contribution in [0, 0.1) is 5.82 Å². The maximum absolute atomic E-state index is 14.5. The maximum atomic E-state index is 14.5. The molecule has 7 nitrogen and oxygen atoms in total. The number of nitrogens with zero attached hydrogens (tertiary/aromatic N) is 6. The maximum Gasteiger partial charge on any atom is 0.459 e. The molecule has 4 heterocycles. The zero-order chi connectivity index (χ0) is 26.4. The SMILES string of the molecule is O=C(c1cc2nc(-c3ccc(F)cc3)cc(C(F)(F)C(F)(F)F)n2n1)N1CCN(c2ccccn2)CC1. The van der Waals surface area contributed by atoms with Crippen molar-refractivity contribution in [3.63, 3.8) is 0 Å². The number of hydrogen-bond donors (Lipinski definition) is 0. The number of anilines is 1. The molecule has 1 aliphatic heterocycles. The molecule has 0 aliphatic carbocycles. The van der Waals surface area contributed by atoms with Gasteiger partial charge in [0.1, 0.15) is 17.3 Å². The van der Waals surface area contributed by atoms with Gasteiger partial charge in [0.2, 0.25) is 0 Å². The highest BCUT2D eigenvalue weighted by atomic mass is 19.4. The lowest BCUT2D eigenvalue weighted by Crippen LogP contribution is -2.49. The zero-order valence-corrected chi connectivity index (χ0v) is 19.0. The van der Waals surface area contributed by atoms with Gasteiger partial charge in [-0.3, -0.25) is 4.79 Å². The van der Waals surface area contributed by atoms with Crippen molar-refractivity contribution in [1.82, 2.24) is 24.5 Å². The second kappa shape index (κ2) is 9.05. The van der Waals surface area contributed by atoms with Crippen LogP contribution in [-0.4, -0.2) is 62.7 Å². The van der Waals surface area contributed by atoms with Crippen molar-refractivity contribution in [3.05, 3.63) is 78.0 Å². The molecule has 0 unspecified atom stereocenters. The van der Waals surface area contributed by atoms with Crippen molar-refractivity contribution in [2.45, 2.75) is 12.1 Å². The molecule has 0 radical (unpaired) electrons. The smallest absolute Gasteiger partial charge is 0.353 e. The number of carbonyl (C=O) groups is 1. The molecule has 1 saturated heterocycles. The fourth-order valence-electron chi connectivity index (χ4n) is 4.06. The Labute approximate surface area is 206 Å².